The summed E-state index contributed by atoms with van der Waals surface area (Å²) >= 11 is 0. The van der Waals surface area contributed by atoms with E-state index in [1.807, 2.05) is 6.08 Å². The summed E-state index contributed by atoms with van der Waals surface area (Å²) in [7, 11) is 0. The summed E-state index contributed by atoms with van der Waals surface area (Å²) in [6.07, 6.45) is 4.26. The molecule has 2 bridgehead atoms. The van der Waals surface area contributed by atoms with Crippen LogP contribution in [0, 0.1) is 16.7 Å². The first kappa shape index (κ1) is 10.6. The van der Waals surface area contributed by atoms with Crippen LogP contribution in [0.2, 0.25) is 0 Å². The summed E-state index contributed by atoms with van der Waals surface area (Å²) in [5.41, 5.74) is 0.196. The van der Waals surface area contributed by atoms with Gasteiger partial charge in [-0.25, -0.2) is 0 Å². The predicted molar refractivity (Wildman–Crippen MR) is 42.7 cm³/mol. The molecule has 0 radical (unpaired) electrons. The van der Waals surface area contributed by atoms with Crippen molar-refractivity contribution in [2.24, 2.45) is 16.7 Å². The molecule has 1 saturated carbocycles. The van der Waals surface area contributed by atoms with Gasteiger partial charge in [0.15, 0.2) is 0 Å². The third kappa shape index (κ3) is 0.964. The smallest absolute Gasteiger partial charge is 0.875 e. The molecule has 0 aromatic heterocycles. The molecule has 0 aliphatic heterocycles. The fourth-order valence-corrected chi connectivity index (χ4v) is 2.64. The molecule has 1 fully saturated rings. The maximum Gasteiger partial charge on any atom is 1.00 e. The molecule has 2 rings (SSSR count). The molecule has 0 saturated heterocycles. The minimum atomic E-state index is -0.0301. The Morgan fingerprint density at radius 1 is 1.42 bits per heavy atom. The van der Waals surface area contributed by atoms with Crippen molar-refractivity contribution in [1.29, 1.82) is 0 Å². The average Bonchev–Trinajstić information content (AvgIpc) is 2.20. The van der Waals surface area contributed by atoms with E-state index >= 15 is 0 Å². The fourth-order valence-electron chi connectivity index (χ4n) is 2.64. The largest absolute Gasteiger partial charge is 1.00 e. The summed E-state index contributed by atoms with van der Waals surface area (Å²) in [6, 6.07) is 0. The van der Waals surface area contributed by atoms with E-state index in [9.17, 15) is 5.11 Å². The van der Waals surface area contributed by atoms with Crippen LogP contribution >= 0.6 is 0 Å². The summed E-state index contributed by atoms with van der Waals surface area (Å²) < 4.78 is 0. The SMILES string of the molecule is CC1(C)[C@H]2C=C([O-])[C@]1(C)CC2.[Na+]. The zero-order valence-corrected chi connectivity index (χ0v) is 10.5. The first-order valence-corrected chi connectivity index (χ1v) is 4.38. The van der Waals surface area contributed by atoms with Gasteiger partial charge in [-0.3, -0.25) is 0 Å². The second-order valence-corrected chi connectivity index (χ2v) is 4.73. The van der Waals surface area contributed by atoms with Gasteiger partial charge >= 0.3 is 29.6 Å². The van der Waals surface area contributed by atoms with Gasteiger partial charge in [-0.2, -0.15) is 0 Å². The summed E-state index contributed by atoms with van der Waals surface area (Å²) in [4.78, 5) is 0. The van der Waals surface area contributed by atoms with E-state index in [1.165, 1.54) is 6.42 Å². The topological polar surface area (TPSA) is 23.1 Å². The third-order valence-corrected chi connectivity index (χ3v) is 4.20. The molecular formula is C10H15NaO. The monoisotopic (exact) mass is 174 g/mol. The molecule has 0 aromatic carbocycles. The van der Waals surface area contributed by atoms with Crippen molar-refractivity contribution in [3.63, 3.8) is 0 Å². The first-order valence-electron chi connectivity index (χ1n) is 4.38. The standard InChI is InChI=1S/C10H16O.Na/c1-9(2)7-4-5-10(9,3)8(11)6-7;/h6-7,11H,4-5H2,1-3H3;/q;+1/p-1/t7-,10+;/m1./s1. The molecule has 0 unspecified atom stereocenters. The Morgan fingerprint density at radius 2 is 2.00 bits per heavy atom. The van der Waals surface area contributed by atoms with Gasteiger partial charge < -0.3 is 5.11 Å². The van der Waals surface area contributed by atoms with Crippen molar-refractivity contribution < 1.29 is 34.7 Å². The van der Waals surface area contributed by atoms with Gasteiger partial charge in [-0.05, 0) is 29.6 Å². The van der Waals surface area contributed by atoms with Gasteiger partial charge in [0.1, 0.15) is 0 Å². The Kier molecular flexibility index (Phi) is 2.45. The summed E-state index contributed by atoms with van der Waals surface area (Å²) in [6.45, 7) is 6.58. The normalized spacial score (nSPS) is 42.2. The van der Waals surface area contributed by atoms with Gasteiger partial charge in [-0.1, -0.05) is 26.8 Å². The molecule has 2 aliphatic carbocycles. The Labute approximate surface area is 96.5 Å². The molecule has 2 heteroatoms. The molecule has 12 heavy (non-hydrogen) atoms. The number of rotatable bonds is 0. The third-order valence-electron chi connectivity index (χ3n) is 4.20. The quantitative estimate of drug-likeness (QED) is 0.418. The van der Waals surface area contributed by atoms with Crippen molar-refractivity contribution in [2.45, 2.75) is 33.6 Å². The first-order chi connectivity index (χ1) is 4.98. The van der Waals surface area contributed by atoms with Crippen LogP contribution in [0.3, 0.4) is 0 Å². The van der Waals surface area contributed by atoms with Crippen LogP contribution in [0.25, 0.3) is 0 Å². The van der Waals surface area contributed by atoms with Crippen molar-refractivity contribution in [3.8, 4) is 0 Å². The van der Waals surface area contributed by atoms with E-state index in [1.54, 1.807) is 0 Å². The minimum Gasteiger partial charge on any atom is -0.875 e. The zero-order valence-electron chi connectivity index (χ0n) is 8.48. The summed E-state index contributed by atoms with van der Waals surface area (Å²) in [5.74, 6) is 0.943. The van der Waals surface area contributed by atoms with Crippen LogP contribution in [0.4, 0.5) is 0 Å². The molecular weight excluding hydrogens is 159 g/mol. The van der Waals surface area contributed by atoms with E-state index in [0.29, 0.717) is 11.7 Å². The van der Waals surface area contributed by atoms with Crippen LogP contribution in [0.5, 0.6) is 0 Å². The van der Waals surface area contributed by atoms with E-state index < -0.39 is 0 Å². The molecule has 1 nitrogen and oxygen atoms in total. The second-order valence-electron chi connectivity index (χ2n) is 4.73. The number of fused-ring (bicyclic) bond motifs is 2. The summed E-state index contributed by atoms with van der Waals surface area (Å²) in [5, 5.41) is 11.5. The maximum absolute atomic E-state index is 11.5. The Hall–Kier alpha value is 0.540. The van der Waals surface area contributed by atoms with Gasteiger partial charge in [0, 0.05) is 0 Å². The van der Waals surface area contributed by atoms with Gasteiger partial charge in [-0.15, -0.1) is 5.76 Å². The molecule has 2 atom stereocenters. The Bertz CT molecular complexity index is 232. The van der Waals surface area contributed by atoms with Crippen molar-refractivity contribution in [3.05, 3.63) is 11.8 Å². The van der Waals surface area contributed by atoms with Crippen LogP contribution < -0.4 is 34.7 Å². The molecule has 0 aromatic rings. The van der Waals surface area contributed by atoms with Crippen molar-refractivity contribution in [2.75, 3.05) is 0 Å². The molecule has 0 N–H and O–H groups in total. The number of allylic oxidation sites excluding steroid dienone is 2. The van der Waals surface area contributed by atoms with Gasteiger partial charge in [0.2, 0.25) is 0 Å². The van der Waals surface area contributed by atoms with Crippen LogP contribution in [-0.2, 0) is 0 Å². The Balaban J connectivity index is 0.000000720. The predicted octanol–water partition coefficient (Wildman–Crippen LogP) is -1.31. The van der Waals surface area contributed by atoms with E-state index in [2.05, 4.69) is 20.8 Å². The Morgan fingerprint density at radius 3 is 2.17 bits per heavy atom. The van der Waals surface area contributed by atoms with E-state index in [4.69, 9.17) is 0 Å². The molecule has 2 aliphatic rings. The molecule has 0 heterocycles. The molecule has 0 amide bonds. The van der Waals surface area contributed by atoms with E-state index in [0.717, 1.165) is 6.42 Å². The average molecular weight is 174 g/mol. The maximum atomic E-state index is 11.5. The number of hydrogen-bond acceptors (Lipinski definition) is 1. The zero-order chi connectivity index (χ0) is 8.28. The van der Waals surface area contributed by atoms with Crippen LogP contribution in [0.1, 0.15) is 33.6 Å². The second kappa shape index (κ2) is 2.76. The van der Waals surface area contributed by atoms with Crippen molar-refractivity contribution in [1.82, 2.24) is 0 Å². The fraction of sp³-hybridized carbons (Fsp3) is 0.800. The van der Waals surface area contributed by atoms with E-state index in [-0.39, 0.29) is 40.4 Å². The van der Waals surface area contributed by atoms with Crippen LogP contribution in [-0.4, -0.2) is 0 Å². The van der Waals surface area contributed by atoms with Crippen molar-refractivity contribution >= 4 is 0 Å². The van der Waals surface area contributed by atoms with Gasteiger partial charge in [0.25, 0.3) is 0 Å². The molecule has 62 valence electrons. The number of hydrogen-bond donors (Lipinski definition) is 0. The minimum absolute atomic E-state index is 0. The van der Waals surface area contributed by atoms with Gasteiger partial charge in [0.05, 0.1) is 0 Å². The molecule has 0 spiro atoms. The van der Waals surface area contributed by atoms with Crippen LogP contribution in [0.15, 0.2) is 11.8 Å².